The Hall–Kier alpha value is -2.96. The lowest BCUT2D eigenvalue weighted by Gasteiger charge is -2.08. The zero-order chi connectivity index (χ0) is 15.1. The van der Waals surface area contributed by atoms with E-state index in [2.05, 4.69) is 20.8 Å². The summed E-state index contributed by atoms with van der Waals surface area (Å²) in [5.41, 5.74) is 1.77. The van der Waals surface area contributed by atoms with Crippen LogP contribution in [0.1, 0.15) is 12.1 Å². The van der Waals surface area contributed by atoms with E-state index in [0.717, 1.165) is 35.9 Å². The number of hydrogen-bond acceptors (Lipinski definition) is 3. The number of hydrogen-bond donors (Lipinski definition) is 4. The molecule has 0 bridgehead atoms. The number of nitrogens with zero attached hydrogens (tertiary/aromatic N) is 2. The molecule has 4 N–H and O–H groups in total. The number of benzene rings is 1. The van der Waals surface area contributed by atoms with Gasteiger partial charge < -0.3 is 15.0 Å². The molecule has 0 saturated heterocycles. The Bertz CT molecular complexity index is 851. The molecule has 0 spiro atoms. The molecule has 2 amide bonds. The second-order valence-electron chi connectivity index (χ2n) is 5.30. The molecule has 1 aliphatic heterocycles. The molecule has 2 aromatic heterocycles. The van der Waals surface area contributed by atoms with Gasteiger partial charge in [-0.2, -0.15) is 5.10 Å². The molecule has 0 unspecified atom stereocenters. The Morgan fingerprint density at radius 2 is 2.23 bits per heavy atom. The van der Waals surface area contributed by atoms with Gasteiger partial charge in [0.2, 0.25) is 0 Å². The zero-order valence-electron chi connectivity index (χ0n) is 11.8. The molecule has 7 heteroatoms. The molecule has 0 fully saturated rings. The van der Waals surface area contributed by atoms with Gasteiger partial charge >= 0.3 is 6.03 Å². The van der Waals surface area contributed by atoms with Crippen LogP contribution in [-0.2, 0) is 13.0 Å². The normalized spacial score (nSPS) is 13.3. The highest BCUT2D eigenvalue weighted by molar-refractivity contribution is 6.08. The van der Waals surface area contributed by atoms with E-state index in [1.807, 2.05) is 22.8 Å². The third-order valence-corrected chi connectivity index (χ3v) is 3.97. The average molecular weight is 297 g/mol. The number of aryl methyl sites for hydroxylation is 1. The van der Waals surface area contributed by atoms with Crippen molar-refractivity contribution in [2.75, 3.05) is 10.6 Å². The minimum atomic E-state index is -0.353. The molecule has 0 aliphatic carbocycles. The maximum Gasteiger partial charge on any atom is 0.324 e. The summed E-state index contributed by atoms with van der Waals surface area (Å²) in [6.45, 7) is 0.815. The highest BCUT2D eigenvalue weighted by Crippen LogP contribution is 2.39. The number of aromatic hydroxyl groups is 1. The summed E-state index contributed by atoms with van der Waals surface area (Å²) in [5.74, 6) is 0.801. The third-order valence-electron chi connectivity index (χ3n) is 3.97. The Morgan fingerprint density at radius 1 is 1.32 bits per heavy atom. The Balaban J connectivity index is 1.70. The first-order valence-electron chi connectivity index (χ1n) is 7.14. The fourth-order valence-electron chi connectivity index (χ4n) is 3.07. The first-order chi connectivity index (χ1) is 10.7. The smallest absolute Gasteiger partial charge is 0.324 e. The highest BCUT2D eigenvalue weighted by atomic mass is 16.3. The topological polar surface area (TPSA) is 95.0 Å². The van der Waals surface area contributed by atoms with Gasteiger partial charge in [0.05, 0.1) is 11.9 Å². The summed E-state index contributed by atoms with van der Waals surface area (Å²) in [7, 11) is 0. The SMILES string of the molecule is O=C(Nc1ccn[nH]1)Nc1cccc2c(O)n3c(c12)CCC3. The highest BCUT2D eigenvalue weighted by Gasteiger charge is 2.23. The van der Waals surface area contributed by atoms with Gasteiger partial charge in [0.15, 0.2) is 5.88 Å². The van der Waals surface area contributed by atoms with E-state index in [9.17, 15) is 9.90 Å². The Kier molecular flexibility index (Phi) is 2.78. The first kappa shape index (κ1) is 12.8. The van der Waals surface area contributed by atoms with Crippen molar-refractivity contribution in [1.82, 2.24) is 14.8 Å². The number of anilines is 2. The van der Waals surface area contributed by atoms with Gasteiger partial charge in [-0.15, -0.1) is 0 Å². The molecule has 0 saturated carbocycles. The minimum Gasteiger partial charge on any atom is -0.494 e. The largest absolute Gasteiger partial charge is 0.494 e. The summed E-state index contributed by atoms with van der Waals surface area (Å²) in [6, 6.07) is 6.85. The van der Waals surface area contributed by atoms with Crippen LogP contribution in [0.25, 0.3) is 10.8 Å². The van der Waals surface area contributed by atoms with E-state index in [0.29, 0.717) is 11.5 Å². The fourth-order valence-corrected chi connectivity index (χ4v) is 3.07. The molecule has 3 aromatic rings. The van der Waals surface area contributed by atoms with E-state index in [1.54, 1.807) is 12.3 Å². The van der Waals surface area contributed by atoms with Crippen molar-refractivity contribution in [2.24, 2.45) is 0 Å². The van der Waals surface area contributed by atoms with Gasteiger partial charge in [0.25, 0.3) is 0 Å². The van der Waals surface area contributed by atoms with Crippen LogP contribution in [0.3, 0.4) is 0 Å². The molecule has 4 rings (SSSR count). The van der Waals surface area contributed by atoms with Crippen LogP contribution in [0.2, 0.25) is 0 Å². The molecule has 7 nitrogen and oxygen atoms in total. The van der Waals surface area contributed by atoms with Crippen molar-refractivity contribution in [2.45, 2.75) is 19.4 Å². The summed E-state index contributed by atoms with van der Waals surface area (Å²) in [5, 5.41) is 23.9. The Labute approximate surface area is 125 Å². The van der Waals surface area contributed by atoms with Gasteiger partial charge in [-0.3, -0.25) is 10.4 Å². The van der Waals surface area contributed by atoms with Gasteiger partial charge in [0.1, 0.15) is 5.82 Å². The van der Waals surface area contributed by atoms with E-state index < -0.39 is 0 Å². The predicted octanol–water partition coefficient (Wildman–Crippen LogP) is 2.66. The lowest BCUT2D eigenvalue weighted by atomic mass is 10.1. The molecular formula is C15H15N5O2. The predicted molar refractivity (Wildman–Crippen MR) is 83.2 cm³/mol. The molecule has 22 heavy (non-hydrogen) atoms. The van der Waals surface area contributed by atoms with Crippen LogP contribution >= 0.6 is 0 Å². The summed E-state index contributed by atoms with van der Waals surface area (Å²) < 4.78 is 1.92. The van der Waals surface area contributed by atoms with Crippen LogP contribution in [0, 0.1) is 0 Å². The van der Waals surface area contributed by atoms with Crippen molar-refractivity contribution in [3.8, 4) is 5.88 Å². The van der Waals surface area contributed by atoms with E-state index in [4.69, 9.17) is 0 Å². The second kappa shape index (κ2) is 4.80. The number of aromatic amines is 1. The van der Waals surface area contributed by atoms with Crippen LogP contribution in [0.15, 0.2) is 30.5 Å². The van der Waals surface area contributed by atoms with Crippen LogP contribution in [0.4, 0.5) is 16.3 Å². The van der Waals surface area contributed by atoms with Crippen molar-refractivity contribution in [3.05, 3.63) is 36.2 Å². The number of amides is 2. The maximum atomic E-state index is 12.1. The second-order valence-corrected chi connectivity index (χ2v) is 5.30. The number of carbonyl (C=O) groups is 1. The van der Waals surface area contributed by atoms with Gasteiger partial charge in [-0.1, -0.05) is 6.07 Å². The molecule has 0 atom stereocenters. The lowest BCUT2D eigenvalue weighted by Crippen LogP contribution is -2.19. The van der Waals surface area contributed by atoms with Crippen LogP contribution in [0.5, 0.6) is 5.88 Å². The average Bonchev–Trinajstić information content (AvgIpc) is 3.20. The molecule has 3 heterocycles. The number of rotatable bonds is 2. The number of nitrogens with one attached hydrogen (secondary N) is 3. The molecule has 112 valence electrons. The van der Waals surface area contributed by atoms with Gasteiger partial charge in [-0.05, 0) is 25.0 Å². The third kappa shape index (κ3) is 1.90. The number of urea groups is 1. The lowest BCUT2D eigenvalue weighted by molar-refractivity contribution is 0.262. The zero-order valence-corrected chi connectivity index (χ0v) is 11.8. The number of fused-ring (bicyclic) bond motifs is 3. The minimum absolute atomic E-state index is 0.278. The van der Waals surface area contributed by atoms with Crippen molar-refractivity contribution < 1.29 is 9.90 Å². The summed E-state index contributed by atoms with van der Waals surface area (Å²) >= 11 is 0. The van der Waals surface area contributed by atoms with Gasteiger partial charge in [-0.25, -0.2) is 4.79 Å². The monoisotopic (exact) mass is 297 g/mol. The van der Waals surface area contributed by atoms with Crippen molar-refractivity contribution in [1.29, 1.82) is 0 Å². The summed E-state index contributed by atoms with van der Waals surface area (Å²) in [6.07, 6.45) is 3.47. The van der Waals surface area contributed by atoms with Crippen LogP contribution < -0.4 is 10.6 Å². The van der Waals surface area contributed by atoms with Gasteiger partial charge in [0, 0.05) is 29.1 Å². The molecule has 1 aliphatic rings. The maximum absolute atomic E-state index is 12.1. The fraction of sp³-hybridized carbons (Fsp3) is 0.200. The van der Waals surface area contributed by atoms with E-state index >= 15 is 0 Å². The molecule has 1 aromatic carbocycles. The van der Waals surface area contributed by atoms with Crippen molar-refractivity contribution >= 4 is 28.3 Å². The Morgan fingerprint density at radius 3 is 3.05 bits per heavy atom. The molecule has 0 radical (unpaired) electrons. The molecular weight excluding hydrogens is 282 g/mol. The number of H-pyrrole nitrogens is 1. The summed E-state index contributed by atoms with van der Waals surface area (Å²) in [4.78, 5) is 12.1. The standard InChI is InChI=1S/C15H15N5O2/c21-14-9-3-1-4-10(13(9)11-5-2-8-20(11)14)17-15(22)18-12-6-7-16-19-12/h1,3-4,6-7,21H,2,5,8H2,(H3,16,17,18,19,22). The van der Waals surface area contributed by atoms with E-state index in [-0.39, 0.29) is 11.9 Å². The number of aromatic nitrogens is 3. The first-order valence-corrected chi connectivity index (χ1v) is 7.14. The van der Waals surface area contributed by atoms with Crippen molar-refractivity contribution in [3.63, 3.8) is 0 Å². The quantitative estimate of drug-likeness (QED) is 0.585. The number of carbonyl (C=O) groups excluding carboxylic acids is 1. The van der Waals surface area contributed by atoms with Crippen LogP contribution in [-0.4, -0.2) is 25.9 Å². The van der Waals surface area contributed by atoms with E-state index in [1.165, 1.54) is 0 Å².